The molecule has 2 aromatic heterocycles. The Bertz CT molecular complexity index is 1200. The van der Waals surface area contributed by atoms with Gasteiger partial charge in [-0.15, -0.1) is 11.3 Å². The SMILES string of the molecule is COC(=O)C1CC2(CC(NC(=O)c3csc4ccn(Cc5ccc(C(F)(F)F)cc5)c34)C2)C1. The predicted molar refractivity (Wildman–Crippen MR) is 118 cm³/mol. The van der Waals surface area contributed by atoms with Crippen LogP contribution in [0.4, 0.5) is 13.2 Å². The molecule has 1 spiro atoms. The average Bonchev–Trinajstić information content (AvgIpc) is 3.31. The van der Waals surface area contributed by atoms with Crippen LogP contribution in [-0.2, 0) is 22.3 Å². The Morgan fingerprint density at radius 3 is 2.48 bits per heavy atom. The van der Waals surface area contributed by atoms with Crippen molar-refractivity contribution in [2.75, 3.05) is 7.11 Å². The van der Waals surface area contributed by atoms with Crippen molar-refractivity contribution in [1.29, 1.82) is 0 Å². The summed E-state index contributed by atoms with van der Waals surface area (Å²) in [4.78, 5) is 24.6. The standard InChI is InChI=1S/C24H23F3N2O3S/c1-32-22(31)15-8-23(9-15)10-17(11-23)28-21(30)18-13-33-19-6-7-29(20(18)19)12-14-2-4-16(5-3-14)24(25,26)27/h2-7,13,15,17H,8-12H2,1H3,(H,28,30). The van der Waals surface area contributed by atoms with Crippen LogP contribution in [0.2, 0.25) is 0 Å². The molecule has 1 amide bonds. The Kier molecular flexibility index (Phi) is 5.27. The largest absolute Gasteiger partial charge is 0.469 e. The first-order valence-corrected chi connectivity index (χ1v) is 11.7. The van der Waals surface area contributed by atoms with E-state index in [2.05, 4.69) is 5.32 Å². The summed E-state index contributed by atoms with van der Waals surface area (Å²) in [5, 5.41) is 4.94. The van der Waals surface area contributed by atoms with Gasteiger partial charge in [-0.2, -0.15) is 13.2 Å². The van der Waals surface area contributed by atoms with Crippen LogP contribution in [-0.4, -0.2) is 29.6 Å². The Morgan fingerprint density at radius 1 is 1.15 bits per heavy atom. The first-order valence-electron chi connectivity index (χ1n) is 10.8. The van der Waals surface area contributed by atoms with E-state index in [1.165, 1.54) is 30.6 Å². The Hall–Kier alpha value is -2.81. The molecule has 0 saturated heterocycles. The monoisotopic (exact) mass is 476 g/mol. The molecule has 0 radical (unpaired) electrons. The second-order valence-corrected chi connectivity index (χ2v) is 10.1. The molecule has 174 valence electrons. The molecule has 0 aliphatic heterocycles. The zero-order valence-electron chi connectivity index (χ0n) is 17.9. The number of thiophene rings is 1. The summed E-state index contributed by atoms with van der Waals surface area (Å²) in [5.41, 5.74) is 1.57. The number of methoxy groups -OCH3 is 1. The zero-order chi connectivity index (χ0) is 23.4. The highest BCUT2D eigenvalue weighted by Gasteiger charge is 2.55. The van der Waals surface area contributed by atoms with Gasteiger partial charge in [0.05, 0.1) is 34.4 Å². The van der Waals surface area contributed by atoms with E-state index in [0.717, 1.165) is 53.6 Å². The number of hydrogen-bond donors (Lipinski definition) is 1. The number of ether oxygens (including phenoxy) is 1. The number of alkyl halides is 3. The van der Waals surface area contributed by atoms with E-state index >= 15 is 0 Å². The molecular formula is C24H23F3N2O3S. The first kappa shape index (κ1) is 22.0. The van der Waals surface area contributed by atoms with E-state index in [1.807, 2.05) is 22.2 Å². The van der Waals surface area contributed by atoms with Gasteiger partial charge in [0.15, 0.2) is 0 Å². The summed E-state index contributed by atoms with van der Waals surface area (Å²) < 4.78 is 46.1. The van der Waals surface area contributed by atoms with Crippen LogP contribution in [0, 0.1) is 11.3 Å². The van der Waals surface area contributed by atoms with Crippen LogP contribution in [0.3, 0.4) is 0 Å². The quantitative estimate of drug-likeness (QED) is 0.513. The van der Waals surface area contributed by atoms with Crippen LogP contribution in [0.25, 0.3) is 10.2 Å². The molecule has 5 nitrogen and oxygen atoms in total. The lowest BCUT2D eigenvalue weighted by atomic mass is 9.50. The zero-order valence-corrected chi connectivity index (χ0v) is 18.8. The minimum absolute atomic E-state index is 0.0170. The van der Waals surface area contributed by atoms with Crippen LogP contribution < -0.4 is 5.32 Å². The van der Waals surface area contributed by atoms with Gasteiger partial charge in [0, 0.05) is 24.2 Å². The third kappa shape index (κ3) is 4.03. The number of halogens is 3. The summed E-state index contributed by atoms with van der Waals surface area (Å²) in [6.45, 7) is 0.375. The van der Waals surface area contributed by atoms with Crippen LogP contribution in [0.1, 0.15) is 47.2 Å². The maximum Gasteiger partial charge on any atom is 0.416 e. The van der Waals surface area contributed by atoms with Gasteiger partial charge < -0.3 is 14.6 Å². The van der Waals surface area contributed by atoms with E-state index in [0.29, 0.717) is 12.1 Å². The second-order valence-electron chi connectivity index (χ2n) is 9.21. The predicted octanol–water partition coefficient (Wildman–Crippen LogP) is 5.23. The number of esters is 1. The number of hydrogen-bond acceptors (Lipinski definition) is 4. The molecule has 0 bridgehead atoms. The Morgan fingerprint density at radius 2 is 1.85 bits per heavy atom. The van der Waals surface area contributed by atoms with Crippen LogP contribution in [0.5, 0.6) is 0 Å². The topological polar surface area (TPSA) is 60.3 Å². The lowest BCUT2D eigenvalue weighted by Crippen LogP contribution is -2.57. The molecule has 1 N–H and O–H groups in total. The maximum absolute atomic E-state index is 13.0. The molecule has 9 heteroatoms. The fourth-order valence-corrected chi connectivity index (χ4v) is 6.25. The average molecular weight is 477 g/mol. The summed E-state index contributed by atoms with van der Waals surface area (Å²) in [6, 6.07) is 7.10. The molecule has 2 heterocycles. The van der Waals surface area contributed by atoms with Crippen molar-refractivity contribution < 1.29 is 27.5 Å². The fourth-order valence-electron chi connectivity index (χ4n) is 5.31. The lowest BCUT2D eigenvalue weighted by molar-refractivity contribution is -0.159. The highest BCUT2D eigenvalue weighted by atomic mass is 32.1. The third-order valence-electron chi connectivity index (χ3n) is 6.95. The number of amides is 1. The number of aromatic nitrogens is 1. The molecule has 2 aliphatic carbocycles. The normalized spacial score (nSPS) is 24.4. The fraction of sp³-hybridized carbons (Fsp3) is 0.417. The van der Waals surface area contributed by atoms with E-state index in [1.54, 1.807) is 0 Å². The molecule has 0 atom stereocenters. The van der Waals surface area contributed by atoms with Crippen molar-refractivity contribution in [3.05, 3.63) is 58.6 Å². The van der Waals surface area contributed by atoms with Gasteiger partial charge in [0.25, 0.3) is 5.91 Å². The molecule has 5 rings (SSSR count). The summed E-state index contributed by atoms with van der Waals surface area (Å²) in [6.07, 6.45) is 0.876. The molecule has 0 unspecified atom stereocenters. The smallest absolute Gasteiger partial charge is 0.416 e. The van der Waals surface area contributed by atoms with E-state index < -0.39 is 11.7 Å². The molecular weight excluding hydrogens is 453 g/mol. The number of nitrogens with one attached hydrogen (secondary N) is 1. The molecule has 2 fully saturated rings. The van der Waals surface area contributed by atoms with E-state index in [9.17, 15) is 22.8 Å². The van der Waals surface area contributed by atoms with Crippen molar-refractivity contribution in [2.24, 2.45) is 11.3 Å². The molecule has 1 aromatic carbocycles. The minimum Gasteiger partial charge on any atom is -0.469 e. The van der Waals surface area contributed by atoms with Gasteiger partial charge in [-0.1, -0.05) is 12.1 Å². The van der Waals surface area contributed by atoms with Gasteiger partial charge in [-0.3, -0.25) is 9.59 Å². The van der Waals surface area contributed by atoms with Gasteiger partial charge in [-0.25, -0.2) is 0 Å². The van der Waals surface area contributed by atoms with Crippen LogP contribution >= 0.6 is 11.3 Å². The van der Waals surface area contributed by atoms with Gasteiger partial charge in [0.2, 0.25) is 0 Å². The molecule has 33 heavy (non-hydrogen) atoms. The van der Waals surface area contributed by atoms with Crippen molar-refractivity contribution in [3.8, 4) is 0 Å². The molecule has 2 saturated carbocycles. The van der Waals surface area contributed by atoms with Crippen LogP contribution in [0.15, 0.2) is 41.9 Å². The highest BCUT2D eigenvalue weighted by Crippen LogP contribution is 2.59. The number of fused-ring (bicyclic) bond motifs is 1. The van der Waals surface area contributed by atoms with Gasteiger partial charge >= 0.3 is 12.1 Å². The number of rotatable bonds is 5. The van der Waals surface area contributed by atoms with E-state index in [-0.39, 0.29) is 29.3 Å². The van der Waals surface area contributed by atoms with Crippen molar-refractivity contribution in [3.63, 3.8) is 0 Å². The third-order valence-corrected chi connectivity index (χ3v) is 7.89. The van der Waals surface area contributed by atoms with Crippen molar-refractivity contribution in [2.45, 2.75) is 44.4 Å². The van der Waals surface area contributed by atoms with Gasteiger partial charge in [0.1, 0.15) is 0 Å². The highest BCUT2D eigenvalue weighted by molar-refractivity contribution is 7.17. The molecule has 2 aliphatic rings. The Balaban J connectivity index is 1.24. The number of benzene rings is 1. The molecule has 3 aromatic rings. The number of carbonyl (C=O) groups is 2. The Labute approximate surface area is 192 Å². The van der Waals surface area contributed by atoms with Gasteiger partial charge in [-0.05, 0) is 54.9 Å². The summed E-state index contributed by atoms with van der Waals surface area (Å²) >= 11 is 1.47. The summed E-state index contributed by atoms with van der Waals surface area (Å²) in [7, 11) is 1.41. The summed E-state index contributed by atoms with van der Waals surface area (Å²) in [5.74, 6) is -0.309. The lowest BCUT2D eigenvalue weighted by Gasteiger charge is -2.56. The first-order chi connectivity index (χ1) is 15.7. The van der Waals surface area contributed by atoms with E-state index in [4.69, 9.17) is 4.74 Å². The van der Waals surface area contributed by atoms with Crippen molar-refractivity contribution in [1.82, 2.24) is 9.88 Å². The number of carbonyl (C=O) groups excluding carboxylic acids is 2. The maximum atomic E-state index is 13.0. The van der Waals surface area contributed by atoms with Crippen molar-refractivity contribution >= 4 is 33.4 Å². The second kappa shape index (κ2) is 7.90. The minimum atomic E-state index is -4.36. The number of nitrogens with zero attached hydrogens (tertiary/aromatic N) is 1.